The summed E-state index contributed by atoms with van der Waals surface area (Å²) in [6.07, 6.45) is 0.282. The number of carbonyl (C=O) groups is 1. The molecule has 0 saturated carbocycles. The second kappa shape index (κ2) is 8.62. The van der Waals surface area contributed by atoms with E-state index in [9.17, 15) is 4.79 Å². The number of nitrogens with zero attached hydrogens (tertiary/aromatic N) is 2. The second-order valence-corrected chi connectivity index (χ2v) is 8.29. The smallest absolute Gasteiger partial charge is 0.179 e. The van der Waals surface area contributed by atoms with Crippen LogP contribution >= 0.6 is 0 Å². The molecule has 1 aliphatic rings. The van der Waals surface area contributed by atoms with E-state index in [4.69, 9.17) is 9.47 Å². The van der Waals surface area contributed by atoms with Crippen molar-refractivity contribution in [3.05, 3.63) is 65.4 Å². The maximum absolute atomic E-state index is 13.5. The molecule has 0 radical (unpaired) electrons. The summed E-state index contributed by atoms with van der Waals surface area (Å²) in [7, 11) is 1.66. The molecule has 0 N–H and O–H groups in total. The highest BCUT2D eigenvalue weighted by atomic mass is 16.5. The fourth-order valence-electron chi connectivity index (χ4n) is 4.61. The molecule has 0 unspecified atom stereocenters. The van der Waals surface area contributed by atoms with Gasteiger partial charge in [-0.15, -0.1) is 0 Å². The Bertz CT molecular complexity index is 1030. The van der Waals surface area contributed by atoms with Crippen molar-refractivity contribution >= 4 is 16.7 Å². The van der Waals surface area contributed by atoms with Gasteiger partial charge in [0, 0.05) is 41.8 Å². The monoisotopic (exact) mass is 406 g/mol. The Morgan fingerprint density at radius 3 is 2.47 bits per heavy atom. The Hall–Kier alpha value is -2.63. The first-order valence-corrected chi connectivity index (χ1v) is 10.6. The van der Waals surface area contributed by atoms with Crippen LogP contribution in [0.4, 0.5) is 0 Å². The van der Waals surface area contributed by atoms with E-state index < -0.39 is 0 Å². The molecule has 30 heavy (non-hydrogen) atoms. The summed E-state index contributed by atoms with van der Waals surface area (Å²) >= 11 is 0. The lowest BCUT2D eigenvalue weighted by Crippen LogP contribution is -2.47. The maximum atomic E-state index is 13.5. The van der Waals surface area contributed by atoms with Crippen LogP contribution < -0.4 is 4.74 Å². The van der Waals surface area contributed by atoms with E-state index in [1.807, 2.05) is 37.3 Å². The van der Waals surface area contributed by atoms with Gasteiger partial charge in [-0.2, -0.15) is 0 Å². The van der Waals surface area contributed by atoms with E-state index in [0.29, 0.717) is 6.54 Å². The highest BCUT2D eigenvalue weighted by Crippen LogP contribution is 2.31. The molecule has 4 rings (SSSR count). The average Bonchev–Trinajstić information content (AvgIpc) is 2.98. The van der Waals surface area contributed by atoms with Crippen LogP contribution in [0.3, 0.4) is 0 Å². The molecule has 5 nitrogen and oxygen atoms in total. The summed E-state index contributed by atoms with van der Waals surface area (Å²) in [4.78, 5) is 15.7. The highest BCUT2D eigenvalue weighted by molar-refractivity contribution is 6.10. The van der Waals surface area contributed by atoms with E-state index in [1.54, 1.807) is 7.11 Å². The highest BCUT2D eigenvalue weighted by Gasteiger charge is 2.27. The van der Waals surface area contributed by atoms with Crippen molar-refractivity contribution in [3.63, 3.8) is 0 Å². The Kier molecular flexibility index (Phi) is 5.93. The molecular formula is C25H30N2O3. The quantitative estimate of drug-likeness (QED) is 0.573. The SMILES string of the molecule is COc1ccc2c(c1)c(C(=O)CN1C[C@@H](C)O[C@H](C)C1)c(C)n2Cc1ccccc1. The summed E-state index contributed by atoms with van der Waals surface area (Å²) in [5.74, 6) is 0.917. The Labute approximate surface area is 178 Å². The lowest BCUT2D eigenvalue weighted by atomic mass is 10.1. The normalized spacial score (nSPS) is 19.9. The Morgan fingerprint density at radius 1 is 1.10 bits per heavy atom. The molecule has 5 heteroatoms. The minimum absolute atomic E-state index is 0.141. The number of benzene rings is 2. The molecular weight excluding hydrogens is 376 g/mol. The van der Waals surface area contributed by atoms with Gasteiger partial charge in [0.25, 0.3) is 0 Å². The van der Waals surface area contributed by atoms with E-state index in [0.717, 1.165) is 47.5 Å². The van der Waals surface area contributed by atoms with Crippen molar-refractivity contribution in [1.82, 2.24) is 9.47 Å². The zero-order valence-corrected chi connectivity index (χ0v) is 18.2. The van der Waals surface area contributed by atoms with Crippen molar-refractivity contribution in [1.29, 1.82) is 0 Å². The molecule has 1 aromatic heterocycles. The number of carbonyl (C=O) groups excluding carboxylic acids is 1. The average molecular weight is 407 g/mol. The summed E-state index contributed by atoms with van der Waals surface area (Å²) in [6.45, 7) is 8.87. The maximum Gasteiger partial charge on any atom is 0.179 e. The predicted molar refractivity (Wildman–Crippen MR) is 120 cm³/mol. The first kappa shape index (κ1) is 20.6. The van der Waals surface area contributed by atoms with Gasteiger partial charge in [0.1, 0.15) is 5.75 Å². The first-order chi connectivity index (χ1) is 14.5. The molecule has 0 aliphatic carbocycles. The molecule has 0 amide bonds. The molecule has 2 heterocycles. The van der Waals surface area contributed by atoms with Crippen LogP contribution in [0.15, 0.2) is 48.5 Å². The predicted octanol–water partition coefficient (Wildman–Crippen LogP) is 4.30. The third-order valence-corrected chi connectivity index (χ3v) is 5.86. The topological polar surface area (TPSA) is 43.7 Å². The zero-order valence-electron chi connectivity index (χ0n) is 18.2. The van der Waals surface area contributed by atoms with E-state index in [1.165, 1.54) is 5.56 Å². The Morgan fingerprint density at radius 2 is 1.80 bits per heavy atom. The van der Waals surface area contributed by atoms with Gasteiger partial charge >= 0.3 is 0 Å². The van der Waals surface area contributed by atoms with Crippen LogP contribution in [0.1, 0.15) is 35.5 Å². The Balaban J connectivity index is 1.72. The van der Waals surface area contributed by atoms with Gasteiger partial charge in [0.2, 0.25) is 0 Å². The third-order valence-electron chi connectivity index (χ3n) is 5.86. The van der Waals surface area contributed by atoms with Gasteiger partial charge in [-0.05, 0) is 44.5 Å². The molecule has 3 aromatic rings. The summed E-state index contributed by atoms with van der Waals surface area (Å²) < 4.78 is 13.5. The van der Waals surface area contributed by atoms with E-state index in [-0.39, 0.29) is 18.0 Å². The van der Waals surface area contributed by atoms with Crippen LogP contribution in [0, 0.1) is 6.92 Å². The van der Waals surface area contributed by atoms with Crippen molar-refractivity contribution in [2.75, 3.05) is 26.7 Å². The summed E-state index contributed by atoms with van der Waals surface area (Å²) in [6, 6.07) is 16.4. The van der Waals surface area contributed by atoms with Gasteiger partial charge in [0.05, 0.1) is 25.9 Å². The van der Waals surface area contributed by atoms with Gasteiger partial charge in [0.15, 0.2) is 5.78 Å². The minimum Gasteiger partial charge on any atom is -0.497 e. The van der Waals surface area contributed by atoms with Crippen molar-refractivity contribution < 1.29 is 14.3 Å². The van der Waals surface area contributed by atoms with Crippen LogP contribution in [-0.2, 0) is 11.3 Å². The number of Topliss-reactive ketones (excluding diaryl/α,β-unsaturated/α-hetero) is 1. The third kappa shape index (κ3) is 4.13. The van der Waals surface area contributed by atoms with E-state index >= 15 is 0 Å². The van der Waals surface area contributed by atoms with Crippen molar-refractivity contribution in [3.8, 4) is 5.75 Å². The fraction of sp³-hybridized carbons (Fsp3) is 0.400. The molecule has 2 aromatic carbocycles. The van der Waals surface area contributed by atoms with Crippen molar-refractivity contribution in [2.24, 2.45) is 0 Å². The lowest BCUT2D eigenvalue weighted by Gasteiger charge is -2.34. The molecule has 0 bridgehead atoms. The summed E-state index contributed by atoms with van der Waals surface area (Å²) in [5.41, 5.74) is 4.07. The number of ketones is 1. The molecule has 1 fully saturated rings. The molecule has 1 saturated heterocycles. The van der Waals surface area contributed by atoms with Gasteiger partial charge < -0.3 is 14.0 Å². The molecule has 1 aliphatic heterocycles. The van der Waals surface area contributed by atoms with Crippen LogP contribution in [0.25, 0.3) is 10.9 Å². The molecule has 2 atom stereocenters. The van der Waals surface area contributed by atoms with Crippen LogP contribution in [0.2, 0.25) is 0 Å². The number of hydrogen-bond acceptors (Lipinski definition) is 4. The van der Waals surface area contributed by atoms with Crippen LogP contribution in [-0.4, -0.2) is 54.2 Å². The number of morpholine rings is 1. The van der Waals surface area contributed by atoms with Crippen molar-refractivity contribution in [2.45, 2.75) is 39.5 Å². The number of ether oxygens (including phenoxy) is 2. The van der Waals surface area contributed by atoms with Gasteiger partial charge in [-0.25, -0.2) is 0 Å². The van der Waals surface area contributed by atoms with Crippen LogP contribution in [0.5, 0.6) is 5.75 Å². The first-order valence-electron chi connectivity index (χ1n) is 10.6. The molecule has 158 valence electrons. The lowest BCUT2D eigenvalue weighted by molar-refractivity contribution is -0.0652. The summed E-state index contributed by atoms with van der Waals surface area (Å²) in [5, 5.41) is 0.960. The number of fused-ring (bicyclic) bond motifs is 1. The molecule has 0 spiro atoms. The number of aromatic nitrogens is 1. The zero-order chi connectivity index (χ0) is 21.3. The van der Waals surface area contributed by atoms with E-state index in [2.05, 4.69) is 41.5 Å². The largest absolute Gasteiger partial charge is 0.497 e. The fourth-order valence-corrected chi connectivity index (χ4v) is 4.61. The van der Waals surface area contributed by atoms with Gasteiger partial charge in [-0.1, -0.05) is 30.3 Å². The van der Waals surface area contributed by atoms with Gasteiger partial charge in [-0.3, -0.25) is 9.69 Å². The number of hydrogen-bond donors (Lipinski definition) is 0. The number of rotatable bonds is 6. The standard InChI is InChI=1S/C25H30N2O3/c1-17-13-26(14-18(2)30-17)16-24(28)25-19(3)27(15-20-8-6-5-7-9-20)23-11-10-21(29-4)12-22(23)25/h5-12,17-18H,13-16H2,1-4H3/t17-,18-/m1/s1. The second-order valence-electron chi connectivity index (χ2n) is 8.29. The minimum atomic E-state index is 0.141. The number of methoxy groups -OCH3 is 1.